The molecule has 1 fully saturated rings. The molecule has 4 amide bonds. The summed E-state index contributed by atoms with van der Waals surface area (Å²) in [6, 6.07) is 14.9. The van der Waals surface area contributed by atoms with Crippen molar-refractivity contribution < 1.29 is 38.1 Å². The minimum Gasteiger partial charge on any atom is -0.464 e. The Bertz CT molecular complexity index is 1590. The lowest BCUT2D eigenvalue weighted by Crippen LogP contribution is -2.55. The number of nitrogens with zero attached hydrogens (tertiary/aromatic N) is 3. The molecule has 0 saturated carbocycles. The number of ether oxygens (including phenoxy) is 4. The highest BCUT2D eigenvalue weighted by Gasteiger charge is 2.45. The fraction of sp³-hybridized carbons (Fsp3) is 0.429. The molecule has 0 bridgehead atoms. The van der Waals surface area contributed by atoms with Gasteiger partial charge in [-0.2, -0.15) is 0 Å². The summed E-state index contributed by atoms with van der Waals surface area (Å²) >= 11 is 5.56. The number of carbonyl (C=O) groups excluding carboxylic acids is 4. The predicted octanol–water partition coefficient (Wildman–Crippen LogP) is 5.93. The van der Waals surface area contributed by atoms with E-state index in [2.05, 4.69) is 15.6 Å². The van der Waals surface area contributed by atoms with Crippen LogP contribution < -0.4 is 10.6 Å². The number of benzene rings is 2. The van der Waals surface area contributed by atoms with Crippen LogP contribution in [-0.2, 0) is 36.8 Å². The Morgan fingerprint density at radius 3 is 2.33 bits per heavy atom. The first-order chi connectivity index (χ1) is 23.2. The summed E-state index contributed by atoms with van der Waals surface area (Å²) in [5, 5.41) is 5.56. The zero-order valence-electron chi connectivity index (χ0n) is 28.5. The molecular weight excluding hydrogens is 650 g/mol. The average molecular weight is 694 g/mol. The van der Waals surface area contributed by atoms with Crippen LogP contribution in [0.1, 0.15) is 52.7 Å². The molecule has 2 heterocycles. The standard InChI is InChI=1S/C35H43N5O8S/c1-22(2)28-20-46-33(44)40(28)30(41)23(3)29(47-34(49)39-17-16-36-21-39)27(38-32(43)48-35(4,5)6)18-24-12-14-26(15-13-24)37-31(42)45-19-25-10-8-7-9-11-25/h7-17,21-23,27-29H,18-20H2,1-6H3,(H,37,42)(H,38,43)/t23-,27-,28+,29-/m0/s1. The molecule has 1 aliphatic heterocycles. The van der Waals surface area contributed by atoms with E-state index in [-0.39, 0.29) is 30.7 Å². The molecule has 3 aromatic rings. The van der Waals surface area contributed by atoms with E-state index in [0.717, 1.165) is 16.0 Å². The molecule has 13 nitrogen and oxygen atoms in total. The maximum Gasteiger partial charge on any atom is 0.416 e. The van der Waals surface area contributed by atoms with Crippen molar-refractivity contribution in [3.8, 4) is 0 Å². The first-order valence-electron chi connectivity index (χ1n) is 16.0. The molecule has 1 aliphatic rings. The lowest BCUT2D eigenvalue weighted by molar-refractivity contribution is -0.137. The minimum atomic E-state index is -1.08. The highest BCUT2D eigenvalue weighted by Crippen LogP contribution is 2.27. The normalized spacial score (nSPS) is 16.3. The highest BCUT2D eigenvalue weighted by molar-refractivity contribution is 7.80. The van der Waals surface area contributed by atoms with Gasteiger partial charge in [0.2, 0.25) is 5.91 Å². The van der Waals surface area contributed by atoms with E-state index in [9.17, 15) is 19.2 Å². The molecule has 1 aromatic heterocycles. The van der Waals surface area contributed by atoms with Crippen LogP contribution in [0, 0.1) is 11.8 Å². The lowest BCUT2D eigenvalue weighted by atomic mass is 9.90. The molecule has 1 saturated heterocycles. The number of alkyl carbamates (subject to hydrolysis) is 1. The van der Waals surface area contributed by atoms with E-state index >= 15 is 0 Å². The van der Waals surface area contributed by atoms with Gasteiger partial charge in [0.15, 0.2) is 0 Å². The second kappa shape index (κ2) is 16.4. The summed E-state index contributed by atoms with van der Waals surface area (Å²) in [6.45, 7) is 10.8. The van der Waals surface area contributed by atoms with E-state index in [1.54, 1.807) is 58.2 Å². The van der Waals surface area contributed by atoms with Gasteiger partial charge in [-0.25, -0.2) is 24.3 Å². The van der Waals surface area contributed by atoms with Crippen LogP contribution in [0.4, 0.5) is 20.1 Å². The van der Waals surface area contributed by atoms with Crippen LogP contribution in [0.2, 0.25) is 0 Å². The highest BCUT2D eigenvalue weighted by atomic mass is 32.1. The first kappa shape index (κ1) is 36.8. The van der Waals surface area contributed by atoms with Gasteiger partial charge in [-0.15, -0.1) is 0 Å². The van der Waals surface area contributed by atoms with Crippen LogP contribution >= 0.6 is 12.2 Å². The van der Waals surface area contributed by atoms with E-state index in [0.29, 0.717) is 5.69 Å². The van der Waals surface area contributed by atoms with Crippen molar-refractivity contribution in [1.82, 2.24) is 19.8 Å². The summed E-state index contributed by atoms with van der Waals surface area (Å²) in [5.41, 5.74) is 1.26. The van der Waals surface area contributed by atoms with E-state index in [1.165, 1.54) is 17.1 Å². The van der Waals surface area contributed by atoms with Crippen molar-refractivity contribution in [2.24, 2.45) is 11.8 Å². The Morgan fingerprint density at radius 1 is 1.02 bits per heavy atom. The smallest absolute Gasteiger partial charge is 0.416 e. The number of amides is 4. The third-order valence-electron chi connectivity index (χ3n) is 7.71. The fourth-order valence-electron chi connectivity index (χ4n) is 5.18. The van der Waals surface area contributed by atoms with Crippen molar-refractivity contribution in [2.75, 3.05) is 11.9 Å². The Hall–Kier alpha value is -4.98. The third kappa shape index (κ3) is 10.5. The van der Waals surface area contributed by atoms with E-state index in [4.69, 9.17) is 31.2 Å². The minimum absolute atomic E-state index is 0.0175. The number of thiocarbonyl (C=S) groups is 1. The van der Waals surface area contributed by atoms with Crippen molar-refractivity contribution >= 4 is 47.3 Å². The number of hydrogen-bond acceptors (Lipinski definition) is 10. The maximum atomic E-state index is 14.0. The molecule has 2 aromatic carbocycles. The van der Waals surface area contributed by atoms with Gasteiger partial charge >= 0.3 is 18.3 Å². The Morgan fingerprint density at radius 2 is 1.71 bits per heavy atom. The van der Waals surface area contributed by atoms with Gasteiger partial charge in [0, 0.05) is 18.1 Å². The quantitative estimate of drug-likeness (QED) is 0.183. The molecule has 2 N–H and O–H groups in total. The van der Waals surface area contributed by atoms with Gasteiger partial charge in [-0.05, 0) is 75.5 Å². The molecule has 0 spiro atoms. The zero-order valence-corrected chi connectivity index (χ0v) is 29.3. The van der Waals surface area contributed by atoms with Gasteiger partial charge in [0.05, 0.1) is 18.0 Å². The number of aromatic nitrogens is 2. The second-order valence-corrected chi connectivity index (χ2v) is 13.4. The van der Waals surface area contributed by atoms with Gasteiger partial charge in [0.25, 0.3) is 5.17 Å². The number of rotatable bonds is 11. The molecular formula is C35H43N5O8S. The summed E-state index contributed by atoms with van der Waals surface area (Å²) < 4.78 is 23.9. The molecule has 0 radical (unpaired) electrons. The van der Waals surface area contributed by atoms with Crippen LogP contribution in [0.15, 0.2) is 73.3 Å². The van der Waals surface area contributed by atoms with Crippen molar-refractivity contribution in [1.29, 1.82) is 0 Å². The molecule has 4 atom stereocenters. The van der Waals surface area contributed by atoms with Crippen LogP contribution in [0.5, 0.6) is 0 Å². The average Bonchev–Trinajstić information content (AvgIpc) is 3.73. The number of nitrogens with one attached hydrogen (secondary N) is 2. The van der Waals surface area contributed by atoms with Crippen LogP contribution in [0.3, 0.4) is 0 Å². The van der Waals surface area contributed by atoms with Crippen LogP contribution in [-0.4, -0.2) is 74.2 Å². The molecule has 14 heteroatoms. The Labute approximate surface area is 291 Å². The summed E-state index contributed by atoms with van der Waals surface area (Å²) in [7, 11) is 0. The number of anilines is 1. The maximum absolute atomic E-state index is 14.0. The van der Waals surface area contributed by atoms with Crippen molar-refractivity contribution in [3.05, 3.63) is 84.4 Å². The van der Waals surface area contributed by atoms with E-state index < -0.39 is 53.9 Å². The van der Waals surface area contributed by atoms with Gasteiger partial charge in [-0.3, -0.25) is 14.7 Å². The molecule has 0 unspecified atom stereocenters. The van der Waals surface area contributed by atoms with E-state index in [1.807, 2.05) is 44.2 Å². The number of imidazole rings is 1. The first-order valence-corrected chi connectivity index (χ1v) is 16.4. The van der Waals surface area contributed by atoms with Gasteiger partial charge in [0.1, 0.15) is 31.2 Å². The predicted molar refractivity (Wildman–Crippen MR) is 185 cm³/mol. The van der Waals surface area contributed by atoms with Crippen molar-refractivity contribution in [2.45, 2.75) is 78.4 Å². The molecule has 4 rings (SSSR count). The largest absolute Gasteiger partial charge is 0.464 e. The number of cyclic esters (lactones) is 1. The monoisotopic (exact) mass is 693 g/mol. The van der Waals surface area contributed by atoms with Gasteiger partial charge < -0.3 is 24.3 Å². The number of hydrogen-bond donors (Lipinski definition) is 2. The molecule has 0 aliphatic carbocycles. The fourth-order valence-corrected chi connectivity index (χ4v) is 5.40. The van der Waals surface area contributed by atoms with Crippen molar-refractivity contribution in [3.63, 3.8) is 0 Å². The van der Waals surface area contributed by atoms with Crippen LogP contribution in [0.25, 0.3) is 0 Å². The third-order valence-corrected chi connectivity index (χ3v) is 8.02. The Balaban J connectivity index is 1.59. The number of carbonyl (C=O) groups is 4. The summed E-state index contributed by atoms with van der Waals surface area (Å²) in [4.78, 5) is 57.5. The molecule has 49 heavy (non-hydrogen) atoms. The molecule has 262 valence electrons. The topological polar surface area (TPSA) is 150 Å². The van der Waals surface area contributed by atoms with Gasteiger partial charge in [-0.1, -0.05) is 56.3 Å². The summed E-state index contributed by atoms with van der Waals surface area (Å²) in [5.74, 6) is -1.59. The summed E-state index contributed by atoms with van der Waals surface area (Å²) in [6.07, 6.45) is 1.54. The lowest BCUT2D eigenvalue weighted by Gasteiger charge is -2.35. The zero-order chi connectivity index (χ0) is 35.7. The number of imide groups is 1. The second-order valence-electron chi connectivity index (χ2n) is 13.0. The Kier molecular flexibility index (Phi) is 12.3. The SMILES string of the molecule is CC(C)[C@H]1COC(=O)N1C(=O)[C@@H](C)[C@H](OC(=S)n1ccnc1)[C@H](Cc1ccc(NC(=O)OCc2ccccc2)cc1)NC(=O)OC(C)(C)C.